The second kappa shape index (κ2) is 8.31. The Bertz CT molecular complexity index is 360. The van der Waals surface area contributed by atoms with Gasteiger partial charge in [-0.05, 0) is 42.3 Å². The van der Waals surface area contributed by atoms with E-state index in [1.165, 1.54) is 0 Å². The molecule has 0 aliphatic rings. The zero-order chi connectivity index (χ0) is 14.3. The summed E-state index contributed by atoms with van der Waals surface area (Å²) < 4.78 is 13.9. The van der Waals surface area contributed by atoms with E-state index in [1.54, 1.807) is 12.1 Å². The van der Waals surface area contributed by atoms with Gasteiger partial charge in [-0.2, -0.15) is 0 Å². The minimum Gasteiger partial charge on any atom is -0.316 e. The van der Waals surface area contributed by atoms with Gasteiger partial charge in [0.2, 0.25) is 0 Å². The van der Waals surface area contributed by atoms with E-state index in [4.69, 9.17) is 0 Å². The van der Waals surface area contributed by atoms with Crippen LogP contribution in [0, 0.1) is 17.7 Å². The van der Waals surface area contributed by atoms with Gasteiger partial charge in [-0.15, -0.1) is 0 Å². The molecule has 0 spiro atoms. The molecule has 0 fully saturated rings. The van der Waals surface area contributed by atoms with Gasteiger partial charge in [0.15, 0.2) is 0 Å². The Balaban J connectivity index is 2.66. The van der Waals surface area contributed by atoms with Crippen molar-refractivity contribution < 1.29 is 4.39 Å². The number of benzene rings is 1. The molecule has 1 aromatic rings. The zero-order valence-corrected chi connectivity index (χ0v) is 12.7. The van der Waals surface area contributed by atoms with Gasteiger partial charge in [0.25, 0.3) is 0 Å². The highest BCUT2D eigenvalue weighted by molar-refractivity contribution is 5.22. The molecule has 0 aliphatic heterocycles. The van der Waals surface area contributed by atoms with Crippen molar-refractivity contribution in [1.82, 2.24) is 5.32 Å². The fraction of sp³-hybridized carbons (Fsp3) is 0.647. The summed E-state index contributed by atoms with van der Waals surface area (Å²) in [6, 6.07) is 7.20. The Kier molecular flexibility index (Phi) is 7.07. The molecule has 1 rings (SSSR count). The Labute approximate surface area is 117 Å². The van der Waals surface area contributed by atoms with E-state index in [2.05, 4.69) is 33.0 Å². The van der Waals surface area contributed by atoms with Crippen molar-refractivity contribution in [3.8, 4) is 0 Å². The third kappa shape index (κ3) is 6.20. The molecule has 0 aliphatic carbocycles. The average molecular weight is 265 g/mol. The molecule has 0 aromatic heterocycles. The van der Waals surface area contributed by atoms with Crippen molar-refractivity contribution in [2.45, 2.75) is 46.5 Å². The van der Waals surface area contributed by atoms with Crippen LogP contribution in [0.4, 0.5) is 4.39 Å². The second-order valence-electron chi connectivity index (χ2n) is 6.24. The molecule has 1 nitrogen and oxygen atoms in total. The lowest BCUT2D eigenvalue weighted by molar-refractivity contribution is 0.447. The molecule has 0 radical (unpaired) electrons. The largest absolute Gasteiger partial charge is 0.316 e. The van der Waals surface area contributed by atoms with Crippen LogP contribution in [0.15, 0.2) is 24.3 Å². The average Bonchev–Trinajstić information content (AvgIpc) is 2.34. The molecule has 0 saturated carbocycles. The monoisotopic (exact) mass is 265 g/mol. The van der Waals surface area contributed by atoms with Crippen LogP contribution in [0.25, 0.3) is 0 Å². The molecule has 1 aromatic carbocycles. The van der Waals surface area contributed by atoms with Crippen LogP contribution in [0.1, 0.15) is 52.0 Å². The number of hydrogen-bond donors (Lipinski definition) is 1. The fourth-order valence-corrected chi connectivity index (χ4v) is 2.25. The van der Waals surface area contributed by atoms with E-state index < -0.39 is 0 Å². The lowest BCUT2D eigenvalue weighted by atomic mass is 9.91. The highest BCUT2D eigenvalue weighted by Crippen LogP contribution is 2.25. The SMILES string of the molecule is CC(C)CCC(CNCC(C)C)c1ccccc1F. The topological polar surface area (TPSA) is 12.0 Å². The molecular weight excluding hydrogens is 237 g/mol. The van der Waals surface area contributed by atoms with Crippen molar-refractivity contribution in [3.05, 3.63) is 35.6 Å². The smallest absolute Gasteiger partial charge is 0.126 e. The zero-order valence-electron chi connectivity index (χ0n) is 12.7. The summed E-state index contributed by atoms with van der Waals surface area (Å²) in [5.74, 6) is 1.51. The van der Waals surface area contributed by atoms with Crippen molar-refractivity contribution in [2.75, 3.05) is 13.1 Å². The van der Waals surface area contributed by atoms with E-state index in [0.717, 1.165) is 31.5 Å². The maximum absolute atomic E-state index is 13.9. The molecule has 0 heterocycles. The predicted molar refractivity (Wildman–Crippen MR) is 80.9 cm³/mol. The van der Waals surface area contributed by atoms with E-state index >= 15 is 0 Å². The maximum atomic E-state index is 13.9. The van der Waals surface area contributed by atoms with E-state index in [9.17, 15) is 4.39 Å². The van der Waals surface area contributed by atoms with E-state index in [0.29, 0.717) is 11.8 Å². The summed E-state index contributed by atoms with van der Waals surface area (Å²) in [4.78, 5) is 0. The normalized spacial score (nSPS) is 13.2. The van der Waals surface area contributed by atoms with Gasteiger partial charge in [-0.1, -0.05) is 52.3 Å². The number of nitrogens with one attached hydrogen (secondary N) is 1. The van der Waals surface area contributed by atoms with Crippen molar-refractivity contribution >= 4 is 0 Å². The van der Waals surface area contributed by atoms with Gasteiger partial charge >= 0.3 is 0 Å². The first-order valence-electron chi connectivity index (χ1n) is 7.45. The van der Waals surface area contributed by atoms with Crippen LogP contribution in [-0.4, -0.2) is 13.1 Å². The lowest BCUT2D eigenvalue weighted by Gasteiger charge is -2.20. The van der Waals surface area contributed by atoms with Crippen LogP contribution >= 0.6 is 0 Å². The van der Waals surface area contributed by atoms with Crippen molar-refractivity contribution in [2.24, 2.45) is 11.8 Å². The summed E-state index contributed by atoms with van der Waals surface area (Å²) in [7, 11) is 0. The van der Waals surface area contributed by atoms with Crippen LogP contribution in [0.3, 0.4) is 0 Å². The molecule has 19 heavy (non-hydrogen) atoms. The van der Waals surface area contributed by atoms with Crippen LogP contribution in [0.2, 0.25) is 0 Å². The molecule has 2 heteroatoms. The molecule has 1 N–H and O–H groups in total. The maximum Gasteiger partial charge on any atom is 0.126 e. The summed E-state index contributed by atoms with van der Waals surface area (Å²) in [6.07, 6.45) is 2.19. The summed E-state index contributed by atoms with van der Waals surface area (Å²) in [6.45, 7) is 10.7. The number of rotatable bonds is 8. The quantitative estimate of drug-likeness (QED) is 0.725. The molecule has 0 bridgehead atoms. The minimum absolute atomic E-state index is 0.0670. The first-order valence-corrected chi connectivity index (χ1v) is 7.45. The van der Waals surface area contributed by atoms with Gasteiger partial charge < -0.3 is 5.32 Å². The van der Waals surface area contributed by atoms with Gasteiger partial charge in [-0.3, -0.25) is 0 Å². The summed E-state index contributed by atoms with van der Waals surface area (Å²) in [5, 5.41) is 3.47. The van der Waals surface area contributed by atoms with Gasteiger partial charge in [-0.25, -0.2) is 4.39 Å². The molecule has 0 amide bonds. The highest BCUT2D eigenvalue weighted by atomic mass is 19.1. The number of hydrogen-bond acceptors (Lipinski definition) is 1. The van der Waals surface area contributed by atoms with Crippen LogP contribution < -0.4 is 5.32 Å². The van der Waals surface area contributed by atoms with E-state index in [1.807, 2.05) is 12.1 Å². The third-order valence-electron chi connectivity index (χ3n) is 3.38. The molecule has 108 valence electrons. The predicted octanol–water partition coefficient (Wildman–Crippen LogP) is 4.59. The molecule has 1 unspecified atom stereocenters. The highest BCUT2D eigenvalue weighted by Gasteiger charge is 2.15. The van der Waals surface area contributed by atoms with Gasteiger partial charge in [0.1, 0.15) is 5.82 Å². The lowest BCUT2D eigenvalue weighted by Crippen LogP contribution is -2.26. The first kappa shape index (κ1) is 16.2. The Hall–Kier alpha value is -0.890. The third-order valence-corrected chi connectivity index (χ3v) is 3.38. The number of halogens is 1. The second-order valence-corrected chi connectivity index (χ2v) is 6.24. The summed E-state index contributed by atoms with van der Waals surface area (Å²) in [5.41, 5.74) is 0.861. The first-order chi connectivity index (χ1) is 9.00. The molecule has 0 saturated heterocycles. The Morgan fingerprint density at radius 3 is 2.21 bits per heavy atom. The minimum atomic E-state index is -0.0670. The van der Waals surface area contributed by atoms with E-state index in [-0.39, 0.29) is 11.7 Å². The van der Waals surface area contributed by atoms with Crippen molar-refractivity contribution in [1.29, 1.82) is 0 Å². The summed E-state index contributed by atoms with van der Waals surface area (Å²) >= 11 is 0. The van der Waals surface area contributed by atoms with Crippen LogP contribution in [-0.2, 0) is 0 Å². The standard InChI is InChI=1S/C17H28FN/c1-13(2)9-10-15(12-19-11-14(3)4)16-7-5-6-8-17(16)18/h5-8,13-15,19H,9-12H2,1-4H3. The molecule has 1 atom stereocenters. The van der Waals surface area contributed by atoms with Crippen LogP contribution in [0.5, 0.6) is 0 Å². The Morgan fingerprint density at radius 2 is 1.63 bits per heavy atom. The molecular formula is C17H28FN. The van der Waals surface area contributed by atoms with Gasteiger partial charge in [0, 0.05) is 6.54 Å². The van der Waals surface area contributed by atoms with Crippen molar-refractivity contribution in [3.63, 3.8) is 0 Å². The Morgan fingerprint density at radius 1 is 0.947 bits per heavy atom. The van der Waals surface area contributed by atoms with Gasteiger partial charge in [0.05, 0.1) is 0 Å². The fourth-order valence-electron chi connectivity index (χ4n) is 2.25.